The molecule has 1 rings (SSSR count). The van der Waals surface area contributed by atoms with Crippen molar-refractivity contribution in [3.63, 3.8) is 0 Å². The van der Waals surface area contributed by atoms with Crippen LogP contribution in [0.4, 0.5) is 0 Å². The maximum absolute atomic E-state index is 3.68. The minimum Gasteiger partial charge on any atom is -0.312 e. The fourth-order valence-electron chi connectivity index (χ4n) is 1.99. The molecular weight excluding hydrogens is 238 g/mol. The van der Waals surface area contributed by atoms with E-state index in [0.717, 1.165) is 13.0 Å². The van der Waals surface area contributed by atoms with Crippen molar-refractivity contribution in [2.75, 3.05) is 18.6 Å². The standard InChI is InChI=1S/C16H27NS/c1-16(2,17-13-7-8-14-18-3)12-11-15-9-5-4-6-10-15/h4-6,9-10,17H,7-8,11-14H2,1-3H3. The molecule has 0 atom stereocenters. The van der Waals surface area contributed by atoms with Crippen LogP contribution in [0.1, 0.15) is 38.7 Å². The molecular formula is C16H27NS. The zero-order chi connectivity index (χ0) is 13.3. The topological polar surface area (TPSA) is 12.0 Å². The number of thioether (sulfide) groups is 1. The molecule has 0 saturated carbocycles. The van der Waals surface area contributed by atoms with Crippen LogP contribution in [0, 0.1) is 0 Å². The smallest absolute Gasteiger partial charge is 0.0128 e. The summed E-state index contributed by atoms with van der Waals surface area (Å²) in [7, 11) is 0. The molecule has 1 nitrogen and oxygen atoms in total. The Bertz CT molecular complexity index is 308. The van der Waals surface area contributed by atoms with E-state index in [9.17, 15) is 0 Å². The molecule has 1 aromatic rings. The van der Waals surface area contributed by atoms with E-state index in [4.69, 9.17) is 0 Å². The number of aryl methyl sites for hydroxylation is 1. The van der Waals surface area contributed by atoms with Crippen LogP contribution in [-0.2, 0) is 6.42 Å². The van der Waals surface area contributed by atoms with Crippen LogP contribution in [0.25, 0.3) is 0 Å². The number of rotatable bonds is 9. The molecule has 0 aromatic heterocycles. The summed E-state index contributed by atoms with van der Waals surface area (Å²) in [5, 5.41) is 3.68. The van der Waals surface area contributed by atoms with Gasteiger partial charge in [-0.15, -0.1) is 0 Å². The summed E-state index contributed by atoms with van der Waals surface area (Å²) in [5.41, 5.74) is 1.68. The monoisotopic (exact) mass is 265 g/mol. The fraction of sp³-hybridized carbons (Fsp3) is 0.625. The van der Waals surface area contributed by atoms with Crippen LogP contribution in [0.3, 0.4) is 0 Å². The normalized spacial score (nSPS) is 11.7. The molecule has 102 valence electrons. The molecule has 0 amide bonds. The number of benzene rings is 1. The van der Waals surface area contributed by atoms with Gasteiger partial charge in [0.25, 0.3) is 0 Å². The second kappa shape index (κ2) is 8.60. The second-order valence-electron chi connectivity index (χ2n) is 5.50. The molecule has 0 spiro atoms. The number of hydrogen-bond donors (Lipinski definition) is 1. The molecule has 0 saturated heterocycles. The van der Waals surface area contributed by atoms with Crippen LogP contribution in [0.15, 0.2) is 30.3 Å². The molecule has 2 heteroatoms. The van der Waals surface area contributed by atoms with E-state index in [1.54, 1.807) is 0 Å². The van der Waals surface area contributed by atoms with Gasteiger partial charge in [0.05, 0.1) is 0 Å². The van der Waals surface area contributed by atoms with E-state index in [-0.39, 0.29) is 5.54 Å². The van der Waals surface area contributed by atoms with Gasteiger partial charge < -0.3 is 5.32 Å². The van der Waals surface area contributed by atoms with Crippen LogP contribution >= 0.6 is 11.8 Å². The maximum Gasteiger partial charge on any atom is 0.0128 e. The third kappa shape index (κ3) is 7.07. The molecule has 0 radical (unpaired) electrons. The highest BCUT2D eigenvalue weighted by Gasteiger charge is 2.15. The van der Waals surface area contributed by atoms with Crippen molar-refractivity contribution in [1.82, 2.24) is 5.32 Å². The Hall–Kier alpha value is -0.470. The van der Waals surface area contributed by atoms with Gasteiger partial charge in [-0.25, -0.2) is 0 Å². The summed E-state index contributed by atoms with van der Waals surface area (Å²) < 4.78 is 0. The Balaban J connectivity index is 2.19. The molecule has 18 heavy (non-hydrogen) atoms. The van der Waals surface area contributed by atoms with E-state index in [1.807, 2.05) is 11.8 Å². The van der Waals surface area contributed by atoms with Gasteiger partial charge in [-0.05, 0) is 63.6 Å². The molecule has 0 aliphatic heterocycles. The highest BCUT2D eigenvalue weighted by atomic mass is 32.2. The second-order valence-corrected chi connectivity index (χ2v) is 6.48. The molecule has 0 heterocycles. The number of unbranched alkanes of at least 4 members (excludes halogenated alkanes) is 1. The summed E-state index contributed by atoms with van der Waals surface area (Å²) in [5.74, 6) is 1.28. The Morgan fingerprint density at radius 2 is 1.83 bits per heavy atom. The highest BCUT2D eigenvalue weighted by molar-refractivity contribution is 7.98. The summed E-state index contributed by atoms with van der Waals surface area (Å²) in [6, 6.07) is 10.8. The van der Waals surface area contributed by atoms with E-state index in [0.29, 0.717) is 0 Å². The quantitative estimate of drug-likeness (QED) is 0.674. The van der Waals surface area contributed by atoms with Crippen LogP contribution in [-0.4, -0.2) is 24.1 Å². The number of hydrogen-bond acceptors (Lipinski definition) is 2. The first-order valence-corrected chi connectivity index (χ1v) is 8.31. The lowest BCUT2D eigenvalue weighted by atomic mass is 9.95. The largest absolute Gasteiger partial charge is 0.312 e. The summed E-state index contributed by atoms with van der Waals surface area (Å²) >= 11 is 1.94. The molecule has 1 N–H and O–H groups in total. The first-order chi connectivity index (χ1) is 8.64. The zero-order valence-electron chi connectivity index (χ0n) is 12.0. The van der Waals surface area contributed by atoms with Crippen molar-refractivity contribution in [2.45, 2.75) is 45.1 Å². The average Bonchev–Trinajstić information content (AvgIpc) is 2.38. The molecule has 1 aromatic carbocycles. The minimum absolute atomic E-state index is 0.245. The maximum atomic E-state index is 3.68. The fourth-order valence-corrected chi connectivity index (χ4v) is 2.48. The summed E-state index contributed by atoms with van der Waals surface area (Å²) in [4.78, 5) is 0. The summed E-state index contributed by atoms with van der Waals surface area (Å²) in [6.07, 6.45) is 7.14. The van der Waals surface area contributed by atoms with Gasteiger partial charge >= 0.3 is 0 Å². The van der Waals surface area contributed by atoms with Crippen molar-refractivity contribution >= 4 is 11.8 Å². The lowest BCUT2D eigenvalue weighted by molar-refractivity contribution is 0.360. The average molecular weight is 265 g/mol. The third-order valence-electron chi connectivity index (χ3n) is 3.26. The SMILES string of the molecule is CSCCCCNC(C)(C)CCc1ccccc1. The Labute approximate surface area is 117 Å². The lowest BCUT2D eigenvalue weighted by Gasteiger charge is -2.26. The molecule has 0 fully saturated rings. The van der Waals surface area contributed by atoms with Crippen molar-refractivity contribution in [1.29, 1.82) is 0 Å². The summed E-state index contributed by atoms with van der Waals surface area (Å²) in [6.45, 7) is 5.76. The van der Waals surface area contributed by atoms with Crippen LogP contribution < -0.4 is 5.32 Å². The Kier molecular flexibility index (Phi) is 7.45. The molecule has 0 aliphatic carbocycles. The van der Waals surface area contributed by atoms with Gasteiger partial charge in [0.15, 0.2) is 0 Å². The molecule has 0 aliphatic rings. The van der Waals surface area contributed by atoms with Crippen molar-refractivity contribution < 1.29 is 0 Å². The van der Waals surface area contributed by atoms with Gasteiger partial charge in [0.1, 0.15) is 0 Å². The van der Waals surface area contributed by atoms with E-state index >= 15 is 0 Å². The van der Waals surface area contributed by atoms with Gasteiger partial charge in [0.2, 0.25) is 0 Å². The van der Waals surface area contributed by atoms with Crippen LogP contribution in [0.5, 0.6) is 0 Å². The zero-order valence-corrected chi connectivity index (χ0v) is 12.9. The molecule has 0 unspecified atom stereocenters. The third-order valence-corrected chi connectivity index (χ3v) is 3.96. The minimum atomic E-state index is 0.245. The predicted molar refractivity (Wildman–Crippen MR) is 84.5 cm³/mol. The number of nitrogens with one attached hydrogen (secondary N) is 1. The van der Waals surface area contributed by atoms with Crippen molar-refractivity contribution in [3.8, 4) is 0 Å². The van der Waals surface area contributed by atoms with Crippen molar-refractivity contribution in [3.05, 3.63) is 35.9 Å². The lowest BCUT2D eigenvalue weighted by Crippen LogP contribution is -2.40. The van der Waals surface area contributed by atoms with E-state index in [2.05, 4.69) is 55.8 Å². The van der Waals surface area contributed by atoms with E-state index < -0.39 is 0 Å². The van der Waals surface area contributed by atoms with Crippen molar-refractivity contribution in [2.24, 2.45) is 0 Å². The highest BCUT2D eigenvalue weighted by Crippen LogP contribution is 2.13. The van der Waals surface area contributed by atoms with Gasteiger partial charge in [-0.3, -0.25) is 0 Å². The first kappa shape index (κ1) is 15.6. The van der Waals surface area contributed by atoms with Gasteiger partial charge in [-0.1, -0.05) is 30.3 Å². The van der Waals surface area contributed by atoms with Crippen LogP contribution in [0.2, 0.25) is 0 Å². The Morgan fingerprint density at radius 1 is 1.11 bits per heavy atom. The molecule has 0 bridgehead atoms. The predicted octanol–water partition coefficient (Wildman–Crippen LogP) is 4.13. The Morgan fingerprint density at radius 3 is 2.50 bits per heavy atom. The van der Waals surface area contributed by atoms with E-state index in [1.165, 1.54) is 30.6 Å². The van der Waals surface area contributed by atoms with Gasteiger partial charge in [-0.2, -0.15) is 11.8 Å². The first-order valence-electron chi connectivity index (χ1n) is 6.92. The van der Waals surface area contributed by atoms with Gasteiger partial charge in [0, 0.05) is 5.54 Å².